The van der Waals surface area contributed by atoms with Crippen molar-refractivity contribution in [1.82, 2.24) is 4.57 Å². The van der Waals surface area contributed by atoms with Crippen LogP contribution in [-0.2, 0) is 0 Å². The van der Waals surface area contributed by atoms with Crippen molar-refractivity contribution < 1.29 is 22.7 Å². The summed E-state index contributed by atoms with van der Waals surface area (Å²) in [5, 5.41) is 9.46. The Morgan fingerprint density at radius 3 is 2.39 bits per heavy atom. The SMILES string of the molecule is Cc1c(F)c(F)cc2c1c(=O)c(O)cn2-c1ccc(F)cc1F. The predicted octanol–water partition coefficient (Wildman–Crippen LogP) is 3.56. The van der Waals surface area contributed by atoms with Gasteiger partial charge in [0.15, 0.2) is 17.4 Å². The molecule has 0 unspecified atom stereocenters. The lowest BCUT2D eigenvalue weighted by molar-refractivity contribution is 0.466. The summed E-state index contributed by atoms with van der Waals surface area (Å²) in [6.07, 6.45) is 0.873. The minimum Gasteiger partial charge on any atom is -0.503 e. The molecule has 0 radical (unpaired) electrons. The molecule has 0 amide bonds. The average molecular weight is 323 g/mol. The number of fused-ring (bicyclic) bond motifs is 1. The summed E-state index contributed by atoms with van der Waals surface area (Å²) in [5.41, 5.74) is -1.58. The molecule has 23 heavy (non-hydrogen) atoms. The zero-order valence-electron chi connectivity index (χ0n) is 11.7. The van der Waals surface area contributed by atoms with Crippen molar-refractivity contribution in [1.29, 1.82) is 0 Å². The Bertz CT molecular complexity index is 1010. The maximum atomic E-state index is 14.0. The summed E-state index contributed by atoms with van der Waals surface area (Å²) in [5.74, 6) is -5.04. The Morgan fingerprint density at radius 2 is 1.74 bits per heavy atom. The lowest BCUT2D eigenvalue weighted by Gasteiger charge is -2.14. The second-order valence-corrected chi connectivity index (χ2v) is 5.00. The van der Waals surface area contributed by atoms with Gasteiger partial charge in [0.05, 0.1) is 22.8 Å². The van der Waals surface area contributed by atoms with Crippen LogP contribution in [0.1, 0.15) is 5.56 Å². The van der Waals surface area contributed by atoms with Gasteiger partial charge >= 0.3 is 0 Å². The first kappa shape index (κ1) is 15.1. The number of hydrogen-bond acceptors (Lipinski definition) is 2. The highest BCUT2D eigenvalue weighted by atomic mass is 19.2. The van der Waals surface area contributed by atoms with Gasteiger partial charge < -0.3 is 9.67 Å². The largest absolute Gasteiger partial charge is 0.503 e. The molecule has 3 aromatic rings. The first-order valence-corrected chi connectivity index (χ1v) is 6.49. The van der Waals surface area contributed by atoms with Crippen molar-refractivity contribution in [2.75, 3.05) is 0 Å². The monoisotopic (exact) mass is 323 g/mol. The molecule has 0 bridgehead atoms. The predicted molar refractivity (Wildman–Crippen MR) is 75.8 cm³/mol. The number of halogens is 4. The lowest BCUT2D eigenvalue weighted by Crippen LogP contribution is -2.12. The molecule has 0 aliphatic carbocycles. The molecule has 3 rings (SSSR count). The van der Waals surface area contributed by atoms with Crippen LogP contribution in [0.2, 0.25) is 0 Å². The van der Waals surface area contributed by atoms with E-state index in [4.69, 9.17) is 0 Å². The molecule has 2 aromatic carbocycles. The molecule has 0 fully saturated rings. The number of aromatic hydroxyl groups is 1. The molecular weight excluding hydrogens is 314 g/mol. The van der Waals surface area contributed by atoms with Gasteiger partial charge in [-0.1, -0.05) is 0 Å². The van der Waals surface area contributed by atoms with E-state index in [1.807, 2.05) is 0 Å². The molecule has 3 nitrogen and oxygen atoms in total. The first-order valence-electron chi connectivity index (χ1n) is 6.49. The number of aryl methyl sites for hydroxylation is 1. The normalized spacial score (nSPS) is 11.2. The molecule has 0 saturated carbocycles. The Morgan fingerprint density at radius 1 is 1.04 bits per heavy atom. The summed E-state index contributed by atoms with van der Waals surface area (Å²) >= 11 is 0. The number of pyridine rings is 1. The highest BCUT2D eigenvalue weighted by Gasteiger charge is 2.19. The Balaban J connectivity index is 2.52. The van der Waals surface area contributed by atoms with E-state index in [1.165, 1.54) is 6.92 Å². The van der Waals surface area contributed by atoms with Gasteiger partial charge in [-0.15, -0.1) is 0 Å². The van der Waals surface area contributed by atoms with Gasteiger partial charge in [0.25, 0.3) is 0 Å². The number of aromatic nitrogens is 1. The Kier molecular flexibility index (Phi) is 3.35. The number of nitrogens with zero attached hydrogens (tertiary/aromatic N) is 1. The van der Waals surface area contributed by atoms with Gasteiger partial charge in [-0.3, -0.25) is 4.79 Å². The van der Waals surface area contributed by atoms with E-state index in [1.54, 1.807) is 0 Å². The molecule has 0 atom stereocenters. The highest BCUT2D eigenvalue weighted by molar-refractivity contribution is 5.85. The van der Waals surface area contributed by atoms with Gasteiger partial charge in [0, 0.05) is 17.7 Å². The van der Waals surface area contributed by atoms with Crippen molar-refractivity contribution in [2.24, 2.45) is 0 Å². The minimum absolute atomic E-state index is 0.144. The average Bonchev–Trinajstić information content (AvgIpc) is 2.49. The molecular formula is C16H9F4NO2. The van der Waals surface area contributed by atoms with Crippen LogP contribution >= 0.6 is 0 Å². The minimum atomic E-state index is -1.23. The topological polar surface area (TPSA) is 42.2 Å². The molecule has 0 aliphatic heterocycles. The fraction of sp³-hybridized carbons (Fsp3) is 0.0625. The third-order valence-electron chi connectivity index (χ3n) is 3.57. The molecule has 0 saturated heterocycles. The van der Waals surface area contributed by atoms with Crippen molar-refractivity contribution in [2.45, 2.75) is 6.92 Å². The number of rotatable bonds is 1. The second kappa shape index (κ2) is 5.12. The van der Waals surface area contributed by atoms with E-state index < -0.39 is 34.4 Å². The fourth-order valence-corrected chi connectivity index (χ4v) is 2.47. The van der Waals surface area contributed by atoms with Crippen LogP contribution in [0.25, 0.3) is 16.6 Å². The van der Waals surface area contributed by atoms with Gasteiger partial charge in [-0.25, -0.2) is 17.6 Å². The summed E-state index contributed by atoms with van der Waals surface area (Å²) < 4.78 is 55.4. The quantitative estimate of drug-likeness (QED) is 0.696. The molecule has 1 N–H and O–H groups in total. The van der Waals surface area contributed by atoms with Gasteiger partial charge in [0.1, 0.15) is 11.6 Å². The van der Waals surface area contributed by atoms with Crippen LogP contribution in [0.15, 0.2) is 35.3 Å². The van der Waals surface area contributed by atoms with Crippen molar-refractivity contribution in [3.05, 3.63) is 69.5 Å². The zero-order chi connectivity index (χ0) is 16.9. The summed E-state index contributed by atoms with van der Waals surface area (Å²) in [7, 11) is 0. The van der Waals surface area contributed by atoms with Crippen LogP contribution in [0.4, 0.5) is 17.6 Å². The summed E-state index contributed by atoms with van der Waals surface area (Å²) in [6, 6.07) is 3.35. The standard InChI is InChI=1S/C16H9F4NO2/c1-7-14-12(5-10(19)15(7)20)21(6-13(22)16(14)23)11-3-2-8(17)4-9(11)18/h2-6,22H,1H3. The summed E-state index contributed by atoms with van der Waals surface area (Å²) in [4.78, 5) is 12.0. The fourth-order valence-electron chi connectivity index (χ4n) is 2.47. The summed E-state index contributed by atoms with van der Waals surface area (Å²) in [6.45, 7) is 1.17. The third-order valence-corrected chi connectivity index (χ3v) is 3.57. The molecule has 7 heteroatoms. The van der Waals surface area contributed by atoms with Crippen LogP contribution < -0.4 is 5.43 Å². The van der Waals surface area contributed by atoms with Crippen LogP contribution in [-0.4, -0.2) is 9.67 Å². The first-order chi connectivity index (χ1) is 10.8. The van der Waals surface area contributed by atoms with E-state index in [9.17, 15) is 27.5 Å². The molecule has 0 spiro atoms. The van der Waals surface area contributed by atoms with Crippen molar-refractivity contribution >= 4 is 10.9 Å². The van der Waals surface area contributed by atoms with E-state index in [0.29, 0.717) is 6.07 Å². The van der Waals surface area contributed by atoms with E-state index in [-0.39, 0.29) is 22.2 Å². The number of hydrogen-bond donors (Lipinski definition) is 1. The molecule has 1 aromatic heterocycles. The van der Waals surface area contributed by atoms with E-state index >= 15 is 0 Å². The van der Waals surface area contributed by atoms with Crippen molar-refractivity contribution in [3.8, 4) is 11.4 Å². The second-order valence-electron chi connectivity index (χ2n) is 5.00. The maximum Gasteiger partial charge on any atom is 0.231 e. The van der Waals surface area contributed by atoms with E-state index in [0.717, 1.165) is 29.0 Å². The van der Waals surface area contributed by atoms with Gasteiger partial charge in [-0.2, -0.15) is 0 Å². The lowest BCUT2D eigenvalue weighted by atomic mass is 10.1. The Labute approximate surface area is 127 Å². The van der Waals surface area contributed by atoms with Gasteiger partial charge in [-0.05, 0) is 19.1 Å². The maximum absolute atomic E-state index is 14.0. The van der Waals surface area contributed by atoms with Crippen LogP contribution in [0.5, 0.6) is 5.75 Å². The van der Waals surface area contributed by atoms with Crippen molar-refractivity contribution in [3.63, 3.8) is 0 Å². The molecule has 1 heterocycles. The highest BCUT2D eigenvalue weighted by Crippen LogP contribution is 2.27. The molecule has 118 valence electrons. The van der Waals surface area contributed by atoms with Crippen LogP contribution in [0, 0.1) is 30.2 Å². The zero-order valence-corrected chi connectivity index (χ0v) is 11.7. The smallest absolute Gasteiger partial charge is 0.231 e. The number of benzene rings is 2. The Hall–Kier alpha value is -2.83. The van der Waals surface area contributed by atoms with E-state index in [2.05, 4.69) is 0 Å². The molecule has 0 aliphatic rings. The van der Waals surface area contributed by atoms with Gasteiger partial charge in [0.2, 0.25) is 5.43 Å². The third kappa shape index (κ3) is 2.25. The van der Waals surface area contributed by atoms with Crippen LogP contribution in [0.3, 0.4) is 0 Å².